The number of piperidine rings is 1. The van der Waals surface area contributed by atoms with E-state index in [-0.39, 0.29) is 0 Å². The van der Waals surface area contributed by atoms with Crippen molar-refractivity contribution in [3.63, 3.8) is 0 Å². The van der Waals surface area contributed by atoms with Crippen LogP contribution in [0.1, 0.15) is 18.4 Å². The van der Waals surface area contributed by atoms with Gasteiger partial charge in [0, 0.05) is 35.2 Å². The van der Waals surface area contributed by atoms with E-state index in [1.165, 1.54) is 31.5 Å². The molecule has 2 heterocycles. The quantitative estimate of drug-likeness (QED) is 0.896. The smallest absolute Gasteiger partial charge is 0.0451 e. The molecule has 1 aromatic carbocycles. The lowest BCUT2D eigenvalue weighted by Gasteiger charge is -2.24. The van der Waals surface area contributed by atoms with E-state index in [2.05, 4.69) is 32.2 Å². The molecule has 2 fully saturated rings. The first-order chi connectivity index (χ1) is 8.72. The highest BCUT2D eigenvalue weighted by molar-refractivity contribution is 9.10. The van der Waals surface area contributed by atoms with Crippen molar-refractivity contribution in [3.8, 4) is 0 Å². The zero-order valence-electron chi connectivity index (χ0n) is 10.3. The molecule has 1 aromatic rings. The highest BCUT2D eigenvalue weighted by Gasteiger charge is 2.34. The fourth-order valence-corrected chi connectivity index (χ4v) is 3.76. The second kappa shape index (κ2) is 5.49. The molecule has 4 heteroatoms. The number of hydrogen-bond acceptors (Lipinski definition) is 2. The van der Waals surface area contributed by atoms with Crippen LogP contribution in [-0.4, -0.2) is 30.6 Å². The first-order valence-corrected chi connectivity index (χ1v) is 7.79. The van der Waals surface area contributed by atoms with Gasteiger partial charge in [-0.2, -0.15) is 0 Å². The molecule has 0 spiro atoms. The van der Waals surface area contributed by atoms with Gasteiger partial charge in [0.2, 0.25) is 0 Å². The average Bonchev–Trinajstić information content (AvgIpc) is 2.76. The van der Waals surface area contributed by atoms with Crippen LogP contribution >= 0.6 is 27.5 Å². The molecule has 98 valence electrons. The standard InChI is InChI=1S/C14H18BrClN2/c15-12-3-4-13(16)11(6-12)8-18-7-10-2-1-5-17-14(10)9-18/h3-4,6,10,14,17H,1-2,5,7-9H2. The lowest BCUT2D eigenvalue weighted by atomic mass is 9.94. The summed E-state index contributed by atoms with van der Waals surface area (Å²) in [7, 11) is 0. The van der Waals surface area contributed by atoms with Crippen LogP contribution in [0.15, 0.2) is 22.7 Å². The maximum atomic E-state index is 6.26. The lowest BCUT2D eigenvalue weighted by molar-refractivity contribution is 0.312. The third-order valence-electron chi connectivity index (χ3n) is 4.08. The molecule has 0 amide bonds. The van der Waals surface area contributed by atoms with Gasteiger partial charge in [0.05, 0.1) is 0 Å². The Morgan fingerprint density at radius 1 is 1.39 bits per heavy atom. The van der Waals surface area contributed by atoms with E-state index in [1.54, 1.807) is 0 Å². The number of nitrogens with one attached hydrogen (secondary N) is 1. The van der Waals surface area contributed by atoms with Gasteiger partial charge in [-0.25, -0.2) is 0 Å². The fraction of sp³-hybridized carbons (Fsp3) is 0.571. The molecule has 0 radical (unpaired) electrons. The van der Waals surface area contributed by atoms with E-state index in [0.717, 1.165) is 28.5 Å². The Morgan fingerprint density at radius 3 is 3.11 bits per heavy atom. The van der Waals surface area contributed by atoms with Crippen molar-refractivity contribution in [3.05, 3.63) is 33.3 Å². The van der Waals surface area contributed by atoms with Crippen molar-refractivity contribution in [1.29, 1.82) is 0 Å². The molecule has 2 aliphatic rings. The molecule has 2 atom stereocenters. The summed E-state index contributed by atoms with van der Waals surface area (Å²) in [6.45, 7) is 4.52. The number of rotatable bonds is 2. The third-order valence-corrected chi connectivity index (χ3v) is 4.94. The number of fused-ring (bicyclic) bond motifs is 1. The first-order valence-electron chi connectivity index (χ1n) is 6.62. The van der Waals surface area contributed by atoms with Gasteiger partial charge < -0.3 is 5.32 Å². The molecule has 0 saturated carbocycles. The Labute approximate surface area is 122 Å². The Bertz CT molecular complexity index is 424. The minimum absolute atomic E-state index is 0.699. The molecule has 3 rings (SSSR count). The van der Waals surface area contributed by atoms with Crippen LogP contribution in [0, 0.1) is 5.92 Å². The van der Waals surface area contributed by atoms with Gasteiger partial charge in [0.15, 0.2) is 0 Å². The molecule has 2 saturated heterocycles. The van der Waals surface area contributed by atoms with Crippen LogP contribution in [0.2, 0.25) is 5.02 Å². The second-order valence-electron chi connectivity index (χ2n) is 5.39. The monoisotopic (exact) mass is 328 g/mol. The molecule has 1 N–H and O–H groups in total. The number of nitrogens with zero attached hydrogens (tertiary/aromatic N) is 1. The van der Waals surface area contributed by atoms with E-state index in [4.69, 9.17) is 11.6 Å². The maximum Gasteiger partial charge on any atom is 0.0451 e. The van der Waals surface area contributed by atoms with E-state index in [0.29, 0.717) is 6.04 Å². The highest BCUT2D eigenvalue weighted by atomic mass is 79.9. The van der Waals surface area contributed by atoms with Crippen LogP contribution in [0.5, 0.6) is 0 Å². The lowest BCUT2D eigenvalue weighted by Crippen LogP contribution is -2.40. The summed E-state index contributed by atoms with van der Waals surface area (Å²) in [5.41, 5.74) is 1.23. The summed E-state index contributed by atoms with van der Waals surface area (Å²) in [6.07, 6.45) is 2.70. The van der Waals surface area contributed by atoms with E-state index in [9.17, 15) is 0 Å². The minimum atomic E-state index is 0.699. The van der Waals surface area contributed by atoms with Crippen LogP contribution in [0.25, 0.3) is 0 Å². The van der Waals surface area contributed by atoms with Crippen molar-refractivity contribution in [2.45, 2.75) is 25.4 Å². The maximum absolute atomic E-state index is 6.26. The predicted molar refractivity (Wildman–Crippen MR) is 78.9 cm³/mol. The van der Waals surface area contributed by atoms with Gasteiger partial charge in [0.25, 0.3) is 0 Å². The Hall–Kier alpha value is -0.0900. The highest BCUT2D eigenvalue weighted by Crippen LogP contribution is 2.28. The Morgan fingerprint density at radius 2 is 2.28 bits per heavy atom. The molecule has 2 nitrogen and oxygen atoms in total. The van der Waals surface area contributed by atoms with Gasteiger partial charge in [-0.3, -0.25) is 4.90 Å². The molecular formula is C14H18BrClN2. The zero-order valence-corrected chi connectivity index (χ0v) is 12.7. The largest absolute Gasteiger partial charge is 0.312 e. The predicted octanol–water partition coefficient (Wildman–Crippen LogP) is 3.29. The van der Waals surface area contributed by atoms with Crippen molar-refractivity contribution in [2.75, 3.05) is 19.6 Å². The van der Waals surface area contributed by atoms with Crippen LogP contribution in [-0.2, 0) is 6.54 Å². The normalized spacial score (nSPS) is 28.3. The number of hydrogen-bond donors (Lipinski definition) is 1. The minimum Gasteiger partial charge on any atom is -0.312 e. The summed E-state index contributed by atoms with van der Waals surface area (Å²) in [4.78, 5) is 2.53. The van der Waals surface area contributed by atoms with Gasteiger partial charge in [-0.05, 0) is 49.1 Å². The van der Waals surface area contributed by atoms with Crippen molar-refractivity contribution < 1.29 is 0 Å². The molecule has 2 aliphatic heterocycles. The third kappa shape index (κ3) is 2.74. The molecule has 0 aromatic heterocycles. The van der Waals surface area contributed by atoms with E-state index < -0.39 is 0 Å². The number of benzene rings is 1. The fourth-order valence-electron chi connectivity index (χ4n) is 3.17. The van der Waals surface area contributed by atoms with Gasteiger partial charge >= 0.3 is 0 Å². The second-order valence-corrected chi connectivity index (χ2v) is 6.72. The molecular weight excluding hydrogens is 312 g/mol. The van der Waals surface area contributed by atoms with E-state index >= 15 is 0 Å². The van der Waals surface area contributed by atoms with Gasteiger partial charge in [-0.1, -0.05) is 27.5 Å². The first kappa shape index (κ1) is 12.9. The topological polar surface area (TPSA) is 15.3 Å². The number of halogens is 2. The zero-order chi connectivity index (χ0) is 12.5. The number of likely N-dealkylation sites (tertiary alicyclic amines) is 1. The van der Waals surface area contributed by atoms with Crippen molar-refractivity contribution >= 4 is 27.5 Å². The Kier molecular flexibility index (Phi) is 3.94. The van der Waals surface area contributed by atoms with Crippen LogP contribution < -0.4 is 5.32 Å². The van der Waals surface area contributed by atoms with Crippen molar-refractivity contribution in [1.82, 2.24) is 10.2 Å². The van der Waals surface area contributed by atoms with Crippen LogP contribution in [0.4, 0.5) is 0 Å². The SMILES string of the molecule is Clc1ccc(Br)cc1CN1CC2CCCNC2C1. The summed E-state index contributed by atoms with van der Waals surface area (Å²) < 4.78 is 1.11. The summed E-state index contributed by atoms with van der Waals surface area (Å²) in [5.74, 6) is 0.838. The molecule has 2 unspecified atom stereocenters. The van der Waals surface area contributed by atoms with Crippen LogP contribution in [0.3, 0.4) is 0 Å². The van der Waals surface area contributed by atoms with Gasteiger partial charge in [0.1, 0.15) is 0 Å². The molecule has 0 aliphatic carbocycles. The summed E-state index contributed by atoms with van der Waals surface area (Å²) in [6, 6.07) is 6.81. The summed E-state index contributed by atoms with van der Waals surface area (Å²) in [5, 5.41) is 4.51. The van der Waals surface area contributed by atoms with E-state index in [1.807, 2.05) is 12.1 Å². The Balaban J connectivity index is 1.68. The summed E-state index contributed by atoms with van der Waals surface area (Å²) >= 11 is 9.78. The molecule has 0 bridgehead atoms. The average molecular weight is 330 g/mol. The van der Waals surface area contributed by atoms with Gasteiger partial charge in [-0.15, -0.1) is 0 Å². The molecule has 18 heavy (non-hydrogen) atoms. The van der Waals surface area contributed by atoms with Crippen molar-refractivity contribution in [2.24, 2.45) is 5.92 Å².